The Morgan fingerprint density at radius 1 is 0.553 bits per heavy atom. The maximum absolute atomic E-state index is 13.0. The molecule has 1 unspecified atom stereocenters. The Bertz CT molecular complexity index is 3090. The fraction of sp³-hybridized carbons (Fsp3) is 0.460. The van der Waals surface area contributed by atoms with E-state index in [1.165, 1.54) is 22.7 Å². The summed E-state index contributed by atoms with van der Waals surface area (Å²) in [6.45, 7) is 21.5. The smallest absolute Gasteiger partial charge is 0.319 e. The highest BCUT2D eigenvalue weighted by atomic mass is 32.1. The minimum absolute atomic E-state index is 0.122. The van der Waals surface area contributed by atoms with Gasteiger partial charge in [-0.15, -0.1) is 0 Å². The molecule has 20 nitrogen and oxygen atoms in total. The molecule has 6 amide bonds. The minimum Gasteiger partial charge on any atom is -0.490 e. The molecular weight excluding hydrogens is 1120 g/mol. The lowest BCUT2D eigenvalue weighted by atomic mass is 10.1. The van der Waals surface area contributed by atoms with Crippen molar-refractivity contribution in [2.75, 3.05) is 61.7 Å². The number of benzene rings is 4. The highest BCUT2D eigenvalue weighted by molar-refractivity contribution is 7.17. The summed E-state index contributed by atoms with van der Waals surface area (Å²) in [4.78, 5) is 64.1. The number of hydrogen-bond donors (Lipinski definition) is 6. The molecule has 6 N–H and O–H groups in total. The third kappa shape index (κ3) is 20.1. The average Bonchev–Trinajstić information content (AvgIpc) is 4.50. The molecule has 2 fully saturated rings. The van der Waals surface area contributed by atoms with E-state index in [0.717, 1.165) is 88.0 Å². The molecule has 458 valence electrons. The highest BCUT2D eigenvalue weighted by Crippen LogP contribution is 2.36. The molecule has 8 rings (SSSR count). The maximum atomic E-state index is 13.0. The number of methoxy groups -OCH3 is 2. The molecule has 6 aromatic rings. The maximum Gasteiger partial charge on any atom is 0.319 e. The van der Waals surface area contributed by atoms with E-state index >= 15 is 0 Å². The molecule has 4 heterocycles. The molecule has 2 aliphatic rings. The number of likely N-dealkylation sites (tertiary alicyclic amines) is 2. The summed E-state index contributed by atoms with van der Waals surface area (Å²) in [6.07, 6.45) is 9.82. The van der Waals surface area contributed by atoms with Crippen molar-refractivity contribution in [2.45, 2.75) is 150 Å². The number of nitrogens with one attached hydrogen (secondary N) is 6. The van der Waals surface area contributed by atoms with Crippen LogP contribution in [0.1, 0.15) is 132 Å². The average molecular weight is 1210 g/mol. The minimum atomic E-state index is -0.275. The van der Waals surface area contributed by atoms with E-state index in [2.05, 4.69) is 79.4 Å². The van der Waals surface area contributed by atoms with Gasteiger partial charge in [0.15, 0.2) is 10.3 Å². The third-order valence-corrected chi connectivity index (χ3v) is 16.2. The number of urea groups is 2. The van der Waals surface area contributed by atoms with Crippen molar-refractivity contribution in [2.24, 2.45) is 0 Å². The van der Waals surface area contributed by atoms with Crippen molar-refractivity contribution >= 4 is 68.2 Å². The summed E-state index contributed by atoms with van der Waals surface area (Å²) in [5, 5.41) is 19.2. The van der Waals surface area contributed by atoms with Crippen LogP contribution in [0.4, 0.5) is 31.2 Å². The van der Waals surface area contributed by atoms with Crippen molar-refractivity contribution in [3.05, 3.63) is 120 Å². The van der Waals surface area contributed by atoms with Gasteiger partial charge in [-0.25, -0.2) is 19.6 Å². The van der Waals surface area contributed by atoms with Gasteiger partial charge in [-0.05, 0) is 152 Å². The van der Waals surface area contributed by atoms with E-state index in [0.29, 0.717) is 72.2 Å². The van der Waals surface area contributed by atoms with E-state index in [1.807, 2.05) is 64.1 Å². The van der Waals surface area contributed by atoms with E-state index in [1.54, 1.807) is 75.1 Å². The molecule has 4 aromatic carbocycles. The van der Waals surface area contributed by atoms with Gasteiger partial charge in [0.05, 0.1) is 25.6 Å². The Hall–Kier alpha value is -7.34. The monoisotopic (exact) mass is 1200 g/mol. The van der Waals surface area contributed by atoms with Crippen LogP contribution in [-0.2, 0) is 22.7 Å². The molecule has 0 spiro atoms. The van der Waals surface area contributed by atoms with Crippen LogP contribution in [0.3, 0.4) is 0 Å². The Kier molecular flexibility index (Phi) is 25.2. The molecule has 0 bridgehead atoms. The van der Waals surface area contributed by atoms with Crippen molar-refractivity contribution in [3.8, 4) is 33.1 Å². The van der Waals surface area contributed by atoms with Gasteiger partial charge in [-0.1, -0.05) is 56.4 Å². The van der Waals surface area contributed by atoms with Crippen molar-refractivity contribution in [3.63, 3.8) is 0 Å². The second-order valence-electron chi connectivity index (χ2n) is 21.4. The van der Waals surface area contributed by atoms with Crippen LogP contribution in [0.5, 0.6) is 33.1 Å². The molecule has 0 aliphatic carbocycles. The van der Waals surface area contributed by atoms with Gasteiger partial charge in [0, 0.05) is 98.2 Å². The van der Waals surface area contributed by atoms with Crippen LogP contribution in [0.2, 0.25) is 0 Å². The number of anilines is 4. The van der Waals surface area contributed by atoms with Crippen molar-refractivity contribution in [1.29, 1.82) is 0 Å². The zero-order valence-electron chi connectivity index (χ0n) is 50.6. The Balaban J connectivity index is 0.000000244. The molecule has 1 atom stereocenters. The van der Waals surface area contributed by atoms with Crippen LogP contribution in [0.25, 0.3) is 0 Å². The van der Waals surface area contributed by atoms with Crippen LogP contribution < -0.4 is 50.8 Å². The van der Waals surface area contributed by atoms with Gasteiger partial charge in [-0.3, -0.25) is 25.1 Å². The standard InChI is InChI=1S/C32H43N5O5S.C31H41N5O5S/c1-6-24(7-2)34-31(39)35-25-11-12-28(23(17-25)20-40-5)42-29-19-33-32(43-29)36-30(38)22-9-8-10-27(18-22)41-26-13-15-37(16-14-26)21(3)4;1-6-23(7-2)33-30(38)34-24-10-13-27(22(16-24)19-39-5)41-28-17-32-31(42-28)35-29(37)21-8-11-25(12-9-21)40-26-14-15-36(18-26)20(3)4/h8-12,17-19,21,24,26H,6-7,13-16,20H2,1-5H3,(H,33,36,38)(H2,34,35,39);8-13,16-17,20,23,26H,6-7,14-15,18-19H2,1-5H3,(H,32,35,37)(H2,33,34,38). The zero-order valence-corrected chi connectivity index (χ0v) is 52.2. The van der Waals surface area contributed by atoms with E-state index in [-0.39, 0.29) is 61.4 Å². The lowest BCUT2D eigenvalue weighted by Crippen LogP contribution is -2.41. The second-order valence-corrected chi connectivity index (χ2v) is 23.4. The summed E-state index contributed by atoms with van der Waals surface area (Å²) in [5.74, 6) is 2.04. The topological polar surface area (TPSA) is 228 Å². The number of ether oxygens (including phenoxy) is 6. The first-order valence-electron chi connectivity index (χ1n) is 29.4. The van der Waals surface area contributed by atoms with Crippen molar-refractivity contribution in [1.82, 2.24) is 30.4 Å². The first-order chi connectivity index (χ1) is 41.0. The first kappa shape index (κ1) is 65.2. The fourth-order valence-corrected chi connectivity index (χ4v) is 11.0. The Morgan fingerprint density at radius 2 is 1.02 bits per heavy atom. The number of amides is 6. The summed E-state index contributed by atoms with van der Waals surface area (Å²) in [5.41, 5.74) is 3.78. The third-order valence-electron chi connectivity index (χ3n) is 14.6. The number of nitrogens with zero attached hydrogens (tertiary/aromatic N) is 4. The number of rotatable bonds is 26. The fourth-order valence-electron chi connectivity index (χ4n) is 9.63. The SMILES string of the molecule is CCC(CC)NC(=O)Nc1ccc(Oc2cnc(NC(=O)c3ccc(OC4CCN(C(C)C)C4)cc3)s2)c(COC)c1.CCC(CC)NC(=O)Nc1ccc(Oc2cnc(NC(=O)c3cccc(OC4CCN(C(C)C)CC4)c3)s2)c(COC)c1. The lowest BCUT2D eigenvalue weighted by molar-refractivity contribution is 0.0840. The number of carbonyl (C=O) groups is 4. The van der Waals surface area contributed by atoms with Crippen LogP contribution in [0, 0.1) is 0 Å². The van der Waals surface area contributed by atoms with Gasteiger partial charge in [0.25, 0.3) is 11.8 Å². The van der Waals surface area contributed by atoms with Gasteiger partial charge in [0.2, 0.25) is 10.1 Å². The summed E-state index contributed by atoms with van der Waals surface area (Å²) in [7, 11) is 3.19. The predicted octanol–water partition coefficient (Wildman–Crippen LogP) is 13.4. The van der Waals surface area contributed by atoms with Gasteiger partial charge < -0.3 is 54.6 Å². The van der Waals surface area contributed by atoms with Gasteiger partial charge in [0.1, 0.15) is 35.2 Å². The summed E-state index contributed by atoms with van der Waals surface area (Å²) < 4.78 is 35.2. The molecule has 2 aliphatic heterocycles. The zero-order chi connectivity index (χ0) is 60.8. The quantitative estimate of drug-likeness (QED) is 0.0297. The number of carbonyl (C=O) groups excluding carboxylic acids is 4. The van der Waals surface area contributed by atoms with E-state index in [4.69, 9.17) is 28.4 Å². The van der Waals surface area contributed by atoms with E-state index in [9.17, 15) is 19.2 Å². The molecule has 2 aromatic heterocycles. The molecule has 85 heavy (non-hydrogen) atoms. The second kappa shape index (κ2) is 32.8. The molecule has 0 saturated carbocycles. The number of aromatic nitrogens is 2. The molecule has 0 radical (unpaired) electrons. The molecular formula is C63H84N10O10S2. The largest absolute Gasteiger partial charge is 0.490 e. The van der Waals surface area contributed by atoms with Gasteiger partial charge >= 0.3 is 12.1 Å². The van der Waals surface area contributed by atoms with Crippen LogP contribution in [-0.4, -0.2) is 120 Å². The number of piperidine rings is 1. The normalized spacial score (nSPS) is 14.6. The van der Waals surface area contributed by atoms with E-state index < -0.39 is 0 Å². The van der Waals surface area contributed by atoms with Gasteiger partial charge in [-0.2, -0.15) is 0 Å². The van der Waals surface area contributed by atoms with Crippen LogP contribution in [0.15, 0.2) is 97.3 Å². The molecule has 2 saturated heterocycles. The predicted molar refractivity (Wildman–Crippen MR) is 337 cm³/mol. The summed E-state index contributed by atoms with van der Waals surface area (Å²) in [6, 6.07) is 25.9. The van der Waals surface area contributed by atoms with Crippen LogP contribution >= 0.6 is 22.7 Å². The molecule has 22 heteroatoms. The summed E-state index contributed by atoms with van der Waals surface area (Å²) >= 11 is 2.43. The number of thiazole rings is 2. The Morgan fingerprint density at radius 3 is 1.49 bits per heavy atom. The Labute approximate surface area is 508 Å². The first-order valence-corrected chi connectivity index (χ1v) is 31.0. The number of hydrogen-bond acceptors (Lipinski definition) is 16. The highest BCUT2D eigenvalue weighted by Gasteiger charge is 2.26. The van der Waals surface area contributed by atoms with Crippen molar-refractivity contribution < 1.29 is 47.6 Å². The lowest BCUT2D eigenvalue weighted by Gasteiger charge is -2.34.